The summed E-state index contributed by atoms with van der Waals surface area (Å²) in [4.78, 5) is 12.5. The highest BCUT2D eigenvalue weighted by molar-refractivity contribution is 6.37. The number of aliphatic hydroxyl groups is 4. The Labute approximate surface area is 174 Å². The number of halogens is 1. The highest BCUT2D eigenvalue weighted by atomic mass is 35.5. The topological polar surface area (TPSA) is 139 Å². The number of fused-ring (bicyclic) bond motifs is 3. The fraction of sp³-hybridized carbons (Fsp3) is 0.350. The molecule has 30 heavy (non-hydrogen) atoms. The highest BCUT2D eigenvalue weighted by Gasteiger charge is 2.45. The summed E-state index contributed by atoms with van der Waals surface area (Å²) in [6.45, 7) is -0.597. The van der Waals surface area contributed by atoms with Gasteiger partial charge in [-0.05, 0) is 30.3 Å². The third-order valence-corrected chi connectivity index (χ3v) is 5.44. The van der Waals surface area contributed by atoms with Gasteiger partial charge in [0.15, 0.2) is 5.58 Å². The van der Waals surface area contributed by atoms with Crippen molar-refractivity contribution in [2.75, 3.05) is 13.7 Å². The number of methoxy groups -OCH3 is 1. The molecule has 1 aromatic heterocycles. The normalized spacial score (nSPS) is 26.8. The minimum Gasteiger partial charge on any atom is -0.497 e. The minimum absolute atomic E-state index is 0.0181. The second kappa shape index (κ2) is 8.03. The molecule has 2 aromatic carbocycles. The van der Waals surface area contributed by atoms with E-state index >= 15 is 0 Å². The van der Waals surface area contributed by atoms with Gasteiger partial charge in [-0.1, -0.05) is 11.6 Å². The first-order valence-electron chi connectivity index (χ1n) is 9.06. The number of hydrogen-bond donors (Lipinski definition) is 4. The molecule has 1 saturated heterocycles. The van der Waals surface area contributed by atoms with E-state index in [1.54, 1.807) is 24.3 Å². The van der Waals surface area contributed by atoms with Crippen molar-refractivity contribution in [1.82, 2.24) is 0 Å². The molecular formula is C20H19ClO9. The molecule has 1 aliphatic rings. The Balaban J connectivity index is 1.75. The van der Waals surface area contributed by atoms with E-state index in [1.165, 1.54) is 13.2 Å². The second-order valence-electron chi connectivity index (χ2n) is 6.87. The van der Waals surface area contributed by atoms with Crippen LogP contribution in [0, 0.1) is 0 Å². The molecule has 0 amide bonds. The molecule has 10 heteroatoms. The Morgan fingerprint density at radius 3 is 2.47 bits per heavy atom. The van der Waals surface area contributed by atoms with Crippen LogP contribution in [-0.4, -0.2) is 64.8 Å². The number of rotatable bonds is 4. The summed E-state index contributed by atoms with van der Waals surface area (Å²) in [5, 5.41) is 40.7. The second-order valence-corrected chi connectivity index (χ2v) is 7.25. The minimum atomic E-state index is -1.61. The molecule has 1 aliphatic heterocycles. The van der Waals surface area contributed by atoms with Gasteiger partial charge < -0.3 is 39.1 Å². The molecule has 5 atom stereocenters. The van der Waals surface area contributed by atoms with E-state index in [2.05, 4.69) is 0 Å². The zero-order valence-corrected chi connectivity index (χ0v) is 16.4. The quantitative estimate of drug-likeness (QED) is 0.344. The van der Waals surface area contributed by atoms with Crippen molar-refractivity contribution in [3.63, 3.8) is 0 Å². The van der Waals surface area contributed by atoms with Gasteiger partial charge in [0.2, 0.25) is 6.29 Å². The Kier molecular flexibility index (Phi) is 5.58. The molecule has 4 rings (SSSR count). The van der Waals surface area contributed by atoms with Gasteiger partial charge in [0.05, 0.1) is 19.1 Å². The van der Waals surface area contributed by atoms with Gasteiger partial charge >= 0.3 is 5.63 Å². The standard InChI is InChI=1S/C20H19ClO9/c1-27-8-2-3-9-10-4-5-12(14(21)18(10)30-19(26)11(9)6-8)28-20-17(25)16(24)15(23)13(7-22)29-20/h2-6,13,15-17,20,22-25H,7H2,1H3/t13-,15-,16+,17-,20-/m1/s1. The first-order chi connectivity index (χ1) is 14.3. The maximum atomic E-state index is 12.5. The average Bonchev–Trinajstić information content (AvgIpc) is 2.76. The van der Waals surface area contributed by atoms with E-state index in [4.69, 9.17) is 30.2 Å². The fourth-order valence-electron chi connectivity index (χ4n) is 3.43. The number of ether oxygens (including phenoxy) is 3. The molecule has 0 aliphatic carbocycles. The predicted octanol–water partition coefficient (Wildman–Crippen LogP) is 0.787. The lowest BCUT2D eigenvalue weighted by atomic mass is 9.99. The van der Waals surface area contributed by atoms with Crippen molar-refractivity contribution < 1.29 is 39.1 Å². The van der Waals surface area contributed by atoms with Crippen LogP contribution in [0.4, 0.5) is 0 Å². The van der Waals surface area contributed by atoms with Gasteiger partial charge in [-0.25, -0.2) is 4.79 Å². The monoisotopic (exact) mass is 438 g/mol. The van der Waals surface area contributed by atoms with Crippen molar-refractivity contribution >= 4 is 33.3 Å². The van der Waals surface area contributed by atoms with E-state index in [0.717, 1.165) is 0 Å². The number of benzene rings is 2. The molecule has 4 N–H and O–H groups in total. The SMILES string of the molecule is COc1ccc2c(c1)c(=O)oc1c(Cl)c(O[C@@H]3O[C@H](CO)[C@@H](O)[C@H](O)[C@H]3O)ccc12. The van der Waals surface area contributed by atoms with Gasteiger partial charge in [0.1, 0.15) is 40.9 Å². The number of aliphatic hydroxyl groups excluding tert-OH is 4. The van der Waals surface area contributed by atoms with E-state index in [1.807, 2.05) is 0 Å². The maximum Gasteiger partial charge on any atom is 0.344 e. The smallest absolute Gasteiger partial charge is 0.344 e. The van der Waals surface area contributed by atoms with Gasteiger partial charge in [-0.3, -0.25) is 0 Å². The van der Waals surface area contributed by atoms with Crippen LogP contribution < -0.4 is 15.1 Å². The lowest BCUT2D eigenvalue weighted by Gasteiger charge is -2.39. The molecule has 9 nitrogen and oxygen atoms in total. The van der Waals surface area contributed by atoms with Gasteiger partial charge in [0, 0.05) is 10.8 Å². The van der Waals surface area contributed by atoms with Crippen molar-refractivity contribution in [3.8, 4) is 11.5 Å². The lowest BCUT2D eigenvalue weighted by Crippen LogP contribution is -2.60. The summed E-state index contributed by atoms with van der Waals surface area (Å²) in [6, 6.07) is 8.09. The summed E-state index contributed by atoms with van der Waals surface area (Å²) in [5.41, 5.74) is -0.551. The van der Waals surface area contributed by atoms with Crippen molar-refractivity contribution in [1.29, 1.82) is 0 Å². The van der Waals surface area contributed by atoms with Crippen molar-refractivity contribution in [3.05, 3.63) is 45.8 Å². The summed E-state index contributed by atoms with van der Waals surface area (Å²) >= 11 is 6.39. The van der Waals surface area contributed by atoms with Crippen molar-refractivity contribution in [2.24, 2.45) is 0 Å². The third-order valence-electron chi connectivity index (χ3n) is 5.08. The Morgan fingerprint density at radius 2 is 1.77 bits per heavy atom. The first kappa shape index (κ1) is 20.9. The van der Waals surface area contributed by atoms with Crippen LogP contribution in [0.2, 0.25) is 5.02 Å². The lowest BCUT2D eigenvalue weighted by molar-refractivity contribution is -0.277. The fourth-order valence-corrected chi connectivity index (χ4v) is 3.68. The summed E-state index contributed by atoms with van der Waals surface area (Å²) < 4.78 is 21.4. The predicted molar refractivity (Wildman–Crippen MR) is 106 cm³/mol. The van der Waals surface area contributed by atoms with Crippen LogP contribution in [0.25, 0.3) is 21.7 Å². The van der Waals surface area contributed by atoms with Crippen LogP contribution in [0.1, 0.15) is 0 Å². The van der Waals surface area contributed by atoms with Crippen LogP contribution in [-0.2, 0) is 4.74 Å². The van der Waals surface area contributed by atoms with Crippen LogP contribution >= 0.6 is 11.6 Å². The highest BCUT2D eigenvalue weighted by Crippen LogP contribution is 2.37. The zero-order valence-electron chi connectivity index (χ0n) is 15.7. The number of hydrogen-bond acceptors (Lipinski definition) is 9. The molecule has 0 radical (unpaired) electrons. The van der Waals surface area contributed by atoms with Crippen LogP contribution in [0.15, 0.2) is 39.5 Å². The molecule has 0 bridgehead atoms. The van der Waals surface area contributed by atoms with Crippen LogP contribution in [0.3, 0.4) is 0 Å². The Bertz CT molecular complexity index is 1140. The summed E-state index contributed by atoms with van der Waals surface area (Å²) in [6.07, 6.45) is -7.28. The molecule has 0 saturated carbocycles. The molecule has 160 valence electrons. The molecule has 3 aromatic rings. The summed E-state index contributed by atoms with van der Waals surface area (Å²) in [5.74, 6) is 0.521. The van der Waals surface area contributed by atoms with E-state index in [-0.39, 0.29) is 16.4 Å². The van der Waals surface area contributed by atoms with Gasteiger partial charge in [-0.15, -0.1) is 0 Å². The van der Waals surface area contributed by atoms with Gasteiger partial charge in [0.25, 0.3) is 0 Å². The maximum absolute atomic E-state index is 12.5. The Hall–Kier alpha value is -2.40. The third kappa shape index (κ3) is 3.39. The van der Waals surface area contributed by atoms with E-state index in [0.29, 0.717) is 21.9 Å². The molecule has 2 heterocycles. The summed E-state index contributed by atoms with van der Waals surface area (Å²) in [7, 11) is 1.49. The average molecular weight is 439 g/mol. The molecule has 0 unspecified atom stereocenters. The van der Waals surface area contributed by atoms with Crippen molar-refractivity contribution in [2.45, 2.75) is 30.7 Å². The van der Waals surface area contributed by atoms with E-state index < -0.39 is 42.9 Å². The zero-order chi connectivity index (χ0) is 21.6. The van der Waals surface area contributed by atoms with E-state index in [9.17, 15) is 25.2 Å². The molecule has 1 fully saturated rings. The largest absolute Gasteiger partial charge is 0.497 e. The van der Waals surface area contributed by atoms with Gasteiger partial charge in [-0.2, -0.15) is 0 Å². The first-order valence-corrected chi connectivity index (χ1v) is 9.43. The molecular weight excluding hydrogens is 420 g/mol. The van der Waals surface area contributed by atoms with Crippen LogP contribution in [0.5, 0.6) is 11.5 Å². The molecule has 0 spiro atoms. The Morgan fingerprint density at radius 1 is 1.03 bits per heavy atom.